The van der Waals surface area contributed by atoms with Gasteiger partial charge in [-0.05, 0) is 37.3 Å². The molecule has 0 fully saturated rings. The van der Waals surface area contributed by atoms with E-state index in [1.807, 2.05) is 52.9 Å². The number of anilines is 1. The molecule has 0 radical (unpaired) electrons. The Hall–Kier alpha value is -3.44. The van der Waals surface area contributed by atoms with Gasteiger partial charge in [0, 0.05) is 30.0 Å². The number of hydrogen-bond acceptors (Lipinski definition) is 5. The van der Waals surface area contributed by atoms with Crippen LogP contribution in [0.5, 0.6) is 0 Å². The number of nitrogens with zero attached hydrogens (tertiary/aromatic N) is 4. The molecule has 182 valence electrons. The summed E-state index contributed by atoms with van der Waals surface area (Å²) in [6, 6.07) is 12.1. The maximum Gasteiger partial charge on any atom is 0.242 e. The van der Waals surface area contributed by atoms with Gasteiger partial charge < -0.3 is 14.8 Å². The summed E-state index contributed by atoms with van der Waals surface area (Å²) in [7, 11) is 0. The van der Waals surface area contributed by atoms with Gasteiger partial charge in [0.1, 0.15) is 23.4 Å². The molecular weight excluding hydrogens is 458 g/mol. The Bertz CT molecular complexity index is 1250. The highest BCUT2D eigenvalue weighted by Gasteiger charge is 2.28. The summed E-state index contributed by atoms with van der Waals surface area (Å²) in [4.78, 5) is 33.2. The van der Waals surface area contributed by atoms with E-state index in [1.54, 1.807) is 0 Å². The third kappa shape index (κ3) is 5.63. The lowest BCUT2D eigenvalue weighted by Crippen LogP contribution is -2.37. The highest BCUT2D eigenvalue weighted by molar-refractivity contribution is 7.16. The van der Waals surface area contributed by atoms with Crippen LogP contribution in [0.4, 0.5) is 5.00 Å². The number of aromatic nitrogens is 2. The lowest BCUT2D eigenvalue weighted by atomic mass is 10.0. The van der Waals surface area contributed by atoms with Crippen molar-refractivity contribution in [2.24, 2.45) is 0 Å². The number of hydrogen-bond donors (Lipinski definition) is 1. The van der Waals surface area contributed by atoms with Gasteiger partial charge in [0.15, 0.2) is 0 Å². The molecule has 1 unspecified atom stereocenters. The summed E-state index contributed by atoms with van der Waals surface area (Å²) in [5.74, 6) is 1.16. The van der Waals surface area contributed by atoms with E-state index in [0.717, 1.165) is 33.9 Å². The predicted molar refractivity (Wildman–Crippen MR) is 137 cm³/mol. The van der Waals surface area contributed by atoms with Crippen molar-refractivity contribution in [3.8, 4) is 6.07 Å². The van der Waals surface area contributed by atoms with Gasteiger partial charge >= 0.3 is 0 Å². The van der Waals surface area contributed by atoms with Gasteiger partial charge in [0.2, 0.25) is 11.8 Å². The third-order valence-corrected chi connectivity index (χ3v) is 7.68. The van der Waals surface area contributed by atoms with Crippen molar-refractivity contribution in [2.45, 2.75) is 65.5 Å². The van der Waals surface area contributed by atoms with Crippen LogP contribution >= 0.6 is 11.3 Å². The molecule has 0 saturated heterocycles. The van der Waals surface area contributed by atoms with Crippen molar-refractivity contribution in [3.05, 3.63) is 69.6 Å². The van der Waals surface area contributed by atoms with Crippen LogP contribution in [0.25, 0.3) is 0 Å². The Kier molecular flexibility index (Phi) is 7.67. The number of rotatable bonds is 8. The fraction of sp³-hybridized carbons (Fsp3) is 0.407. The van der Waals surface area contributed by atoms with E-state index >= 15 is 0 Å². The first-order valence-corrected chi connectivity index (χ1v) is 12.9. The zero-order chi connectivity index (χ0) is 24.9. The molecule has 0 aliphatic carbocycles. The molecule has 1 aliphatic heterocycles. The summed E-state index contributed by atoms with van der Waals surface area (Å²) in [5, 5.41) is 13.3. The van der Waals surface area contributed by atoms with E-state index in [1.165, 1.54) is 11.3 Å². The predicted octanol–water partition coefficient (Wildman–Crippen LogP) is 4.79. The number of nitrogens with one attached hydrogen (secondary N) is 1. The van der Waals surface area contributed by atoms with Crippen molar-refractivity contribution in [2.75, 3.05) is 11.9 Å². The fourth-order valence-electron chi connectivity index (χ4n) is 4.43. The molecule has 35 heavy (non-hydrogen) atoms. The molecular formula is C27H31N5O2S. The van der Waals surface area contributed by atoms with E-state index in [-0.39, 0.29) is 24.3 Å². The number of carbonyl (C=O) groups is 2. The topological polar surface area (TPSA) is 91.0 Å². The molecule has 4 rings (SSSR count). The molecule has 1 N–H and O–H groups in total. The molecule has 7 nitrogen and oxygen atoms in total. The van der Waals surface area contributed by atoms with E-state index in [4.69, 9.17) is 0 Å². The summed E-state index contributed by atoms with van der Waals surface area (Å²) in [6.07, 6.45) is 4.52. The first-order valence-electron chi connectivity index (χ1n) is 12.1. The lowest BCUT2D eigenvalue weighted by molar-refractivity contribution is -0.132. The molecule has 0 saturated carbocycles. The van der Waals surface area contributed by atoms with Gasteiger partial charge in [0.25, 0.3) is 0 Å². The van der Waals surface area contributed by atoms with Crippen LogP contribution in [0.1, 0.15) is 65.7 Å². The number of imidazole rings is 1. The molecule has 1 aromatic carbocycles. The first kappa shape index (κ1) is 24.7. The second kappa shape index (κ2) is 10.9. The third-order valence-electron chi connectivity index (χ3n) is 6.54. The second-order valence-electron chi connectivity index (χ2n) is 9.10. The van der Waals surface area contributed by atoms with Crippen molar-refractivity contribution in [3.63, 3.8) is 0 Å². The molecule has 2 aromatic heterocycles. The van der Waals surface area contributed by atoms with Gasteiger partial charge in [-0.3, -0.25) is 9.59 Å². The number of fused-ring (bicyclic) bond motifs is 1. The van der Waals surface area contributed by atoms with Gasteiger partial charge in [-0.15, -0.1) is 11.3 Å². The van der Waals surface area contributed by atoms with Gasteiger partial charge in [-0.2, -0.15) is 5.26 Å². The quantitative estimate of drug-likeness (QED) is 0.492. The Balaban J connectivity index is 1.42. The molecule has 1 aliphatic rings. The summed E-state index contributed by atoms with van der Waals surface area (Å²) < 4.78 is 1.97. The van der Waals surface area contributed by atoms with E-state index in [2.05, 4.69) is 30.2 Å². The van der Waals surface area contributed by atoms with Crippen LogP contribution in [-0.4, -0.2) is 32.8 Å². The molecule has 3 heterocycles. The Morgan fingerprint density at radius 3 is 2.77 bits per heavy atom. The lowest BCUT2D eigenvalue weighted by Gasteiger charge is -2.27. The van der Waals surface area contributed by atoms with Crippen molar-refractivity contribution in [1.29, 1.82) is 5.26 Å². The molecule has 3 aromatic rings. The van der Waals surface area contributed by atoms with Crippen LogP contribution in [0.3, 0.4) is 0 Å². The normalized spacial score (nSPS) is 13.7. The van der Waals surface area contributed by atoms with Crippen LogP contribution in [-0.2, 0) is 35.5 Å². The number of thiophene rings is 1. The van der Waals surface area contributed by atoms with Crippen LogP contribution in [0, 0.1) is 18.3 Å². The summed E-state index contributed by atoms with van der Waals surface area (Å²) in [5.41, 5.74) is 3.51. The zero-order valence-corrected chi connectivity index (χ0v) is 21.3. The average molecular weight is 490 g/mol. The number of nitriles is 1. The monoisotopic (exact) mass is 489 g/mol. The van der Waals surface area contributed by atoms with E-state index in [0.29, 0.717) is 42.9 Å². The second-order valence-corrected chi connectivity index (χ2v) is 10.2. The highest BCUT2D eigenvalue weighted by atomic mass is 32.1. The molecule has 1 atom stereocenters. The Morgan fingerprint density at radius 1 is 1.29 bits per heavy atom. The largest absolute Gasteiger partial charge is 0.336 e. The fourth-order valence-corrected chi connectivity index (χ4v) is 5.66. The summed E-state index contributed by atoms with van der Waals surface area (Å²) in [6.45, 7) is 7.47. The first-order chi connectivity index (χ1) is 16.9. The van der Waals surface area contributed by atoms with Crippen molar-refractivity contribution < 1.29 is 9.59 Å². The average Bonchev–Trinajstić information content (AvgIpc) is 3.40. The highest BCUT2D eigenvalue weighted by Crippen LogP contribution is 2.37. The Labute approximate surface area is 210 Å². The van der Waals surface area contributed by atoms with Crippen LogP contribution in [0.2, 0.25) is 0 Å². The number of benzene rings is 1. The minimum Gasteiger partial charge on any atom is -0.336 e. The van der Waals surface area contributed by atoms with Crippen molar-refractivity contribution in [1.82, 2.24) is 14.5 Å². The smallest absolute Gasteiger partial charge is 0.242 e. The van der Waals surface area contributed by atoms with Gasteiger partial charge in [-0.1, -0.05) is 44.2 Å². The van der Waals surface area contributed by atoms with Crippen LogP contribution < -0.4 is 5.32 Å². The maximum atomic E-state index is 13.2. The van der Waals surface area contributed by atoms with E-state index in [9.17, 15) is 14.9 Å². The van der Waals surface area contributed by atoms with Gasteiger partial charge in [-0.25, -0.2) is 4.98 Å². The molecule has 0 bridgehead atoms. The van der Waals surface area contributed by atoms with E-state index < -0.39 is 0 Å². The molecule has 0 spiro atoms. The molecule has 2 amide bonds. The minimum absolute atomic E-state index is 0.0398. The van der Waals surface area contributed by atoms with Crippen LogP contribution in [0.15, 0.2) is 36.5 Å². The standard InChI is InChI=1S/C27H31N5O2S/c1-4-18(2)26-29-19(3)15-32(26)17-25(34)31-13-12-21-22(14-28)27(35-23(21)16-31)30-24(33)11-10-20-8-6-5-7-9-20/h5-9,15,18H,4,10-13,16-17H2,1-3H3,(H,30,33). The maximum absolute atomic E-state index is 13.2. The number of amides is 2. The molecule has 8 heteroatoms. The van der Waals surface area contributed by atoms with Crippen molar-refractivity contribution >= 4 is 28.2 Å². The number of carbonyl (C=O) groups excluding carboxylic acids is 2. The Morgan fingerprint density at radius 2 is 2.06 bits per heavy atom. The summed E-state index contributed by atoms with van der Waals surface area (Å²) >= 11 is 1.41. The SMILES string of the molecule is CCC(C)c1nc(C)cn1CC(=O)N1CCc2c(sc(NC(=O)CCc3ccccc3)c2C#N)C1. The zero-order valence-electron chi connectivity index (χ0n) is 20.5. The van der Waals surface area contributed by atoms with Gasteiger partial charge in [0.05, 0.1) is 17.8 Å². The number of aryl methyl sites for hydroxylation is 2. The minimum atomic E-state index is -0.107.